The standard InChI is InChI=1S/C8H13NO2S/c1-2-7(12)9-5-3-4-6(9)8(10)11/h6H,2-5H2,1H3,(H,10,11). The van der Waals surface area contributed by atoms with E-state index in [1.807, 2.05) is 11.8 Å². The first kappa shape index (κ1) is 9.45. The Morgan fingerprint density at radius 2 is 2.42 bits per heavy atom. The summed E-state index contributed by atoms with van der Waals surface area (Å²) >= 11 is 5.07. The van der Waals surface area contributed by atoms with Crippen LogP contribution in [-0.2, 0) is 4.79 Å². The van der Waals surface area contributed by atoms with Crippen molar-refractivity contribution in [3.05, 3.63) is 0 Å². The van der Waals surface area contributed by atoms with Crippen LogP contribution in [0.15, 0.2) is 0 Å². The zero-order chi connectivity index (χ0) is 9.14. The number of aliphatic carboxylic acids is 1. The minimum Gasteiger partial charge on any atom is -0.480 e. The molecule has 1 aliphatic rings. The van der Waals surface area contributed by atoms with E-state index in [4.69, 9.17) is 17.3 Å². The molecule has 0 aromatic rings. The Bertz CT molecular complexity index is 205. The first-order valence-electron chi connectivity index (χ1n) is 4.19. The summed E-state index contributed by atoms with van der Waals surface area (Å²) in [6.07, 6.45) is 2.44. The second-order valence-electron chi connectivity index (χ2n) is 2.94. The normalized spacial score (nSPS) is 22.8. The van der Waals surface area contributed by atoms with Crippen LogP contribution in [0.25, 0.3) is 0 Å². The largest absolute Gasteiger partial charge is 0.480 e. The lowest BCUT2D eigenvalue weighted by molar-refractivity contribution is -0.140. The average Bonchev–Trinajstić information content (AvgIpc) is 2.50. The molecule has 0 saturated carbocycles. The quantitative estimate of drug-likeness (QED) is 0.661. The Balaban J connectivity index is 2.63. The van der Waals surface area contributed by atoms with Gasteiger partial charge in [0.15, 0.2) is 0 Å². The molecule has 3 nitrogen and oxygen atoms in total. The monoisotopic (exact) mass is 187 g/mol. The van der Waals surface area contributed by atoms with Gasteiger partial charge in [0.1, 0.15) is 6.04 Å². The third-order valence-corrected chi connectivity index (χ3v) is 2.68. The maximum atomic E-state index is 10.7. The van der Waals surface area contributed by atoms with Crippen LogP contribution in [0.1, 0.15) is 26.2 Å². The summed E-state index contributed by atoms with van der Waals surface area (Å²) in [7, 11) is 0. The zero-order valence-corrected chi connectivity index (χ0v) is 7.93. The van der Waals surface area contributed by atoms with Crippen LogP contribution in [0.5, 0.6) is 0 Å². The molecule has 1 aliphatic heterocycles. The molecule has 0 aliphatic carbocycles. The topological polar surface area (TPSA) is 40.5 Å². The first-order chi connectivity index (χ1) is 5.66. The Hall–Kier alpha value is -0.640. The summed E-state index contributed by atoms with van der Waals surface area (Å²) in [5.41, 5.74) is 0. The molecule has 0 radical (unpaired) electrons. The average molecular weight is 187 g/mol. The van der Waals surface area contributed by atoms with Crippen LogP contribution in [0, 0.1) is 0 Å². The molecule has 0 amide bonds. The minimum atomic E-state index is -0.747. The van der Waals surface area contributed by atoms with Crippen molar-refractivity contribution in [3.63, 3.8) is 0 Å². The summed E-state index contributed by atoms with van der Waals surface area (Å²) in [5.74, 6) is -0.747. The molecule has 0 bridgehead atoms. The Morgan fingerprint density at radius 1 is 1.75 bits per heavy atom. The molecule has 68 valence electrons. The van der Waals surface area contributed by atoms with Crippen LogP contribution in [0.4, 0.5) is 0 Å². The predicted octanol–water partition coefficient (Wildman–Crippen LogP) is 1.27. The lowest BCUT2D eigenvalue weighted by Crippen LogP contribution is -2.39. The number of nitrogens with zero attached hydrogens (tertiary/aromatic N) is 1. The van der Waals surface area contributed by atoms with Crippen molar-refractivity contribution in [1.29, 1.82) is 0 Å². The number of hydrogen-bond acceptors (Lipinski definition) is 2. The van der Waals surface area contributed by atoms with E-state index < -0.39 is 5.97 Å². The molecule has 4 heteroatoms. The van der Waals surface area contributed by atoms with Gasteiger partial charge in [0, 0.05) is 6.54 Å². The van der Waals surface area contributed by atoms with Crippen LogP contribution in [0.3, 0.4) is 0 Å². The van der Waals surface area contributed by atoms with E-state index in [2.05, 4.69) is 0 Å². The summed E-state index contributed by atoms with van der Waals surface area (Å²) in [6.45, 7) is 2.77. The van der Waals surface area contributed by atoms with E-state index in [-0.39, 0.29) is 6.04 Å². The van der Waals surface area contributed by atoms with Crippen LogP contribution >= 0.6 is 12.2 Å². The summed E-state index contributed by atoms with van der Waals surface area (Å²) in [5, 5.41) is 8.83. The highest BCUT2D eigenvalue weighted by molar-refractivity contribution is 7.80. The van der Waals surface area contributed by atoms with Crippen molar-refractivity contribution in [2.45, 2.75) is 32.2 Å². The van der Waals surface area contributed by atoms with Crippen LogP contribution in [0.2, 0.25) is 0 Å². The van der Waals surface area contributed by atoms with E-state index in [0.717, 1.165) is 30.8 Å². The van der Waals surface area contributed by atoms with Gasteiger partial charge in [-0.05, 0) is 19.3 Å². The zero-order valence-electron chi connectivity index (χ0n) is 7.12. The number of hydrogen-bond donors (Lipinski definition) is 1. The second-order valence-corrected chi connectivity index (χ2v) is 3.41. The minimum absolute atomic E-state index is 0.363. The molecule has 1 unspecified atom stereocenters. The number of rotatable bonds is 2. The van der Waals surface area contributed by atoms with Gasteiger partial charge in [-0.3, -0.25) is 0 Å². The molecule has 1 fully saturated rings. The summed E-state index contributed by atoms with van der Waals surface area (Å²) in [4.78, 5) is 13.3. The van der Waals surface area contributed by atoms with Gasteiger partial charge in [-0.1, -0.05) is 19.1 Å². The SMILES string of the molecule is CCC(=S)N1CCCC1C(=O)O. The van der Waals surface area contributed by atoms with E-state index >= 15 is 0 Å². The molecule has 1 atom stereocenters. The third kappa shape index (κ3) is 1.75. The summed E-state index contributed by atoms with van der Waals surface area (Å²) < 4.78 is 0. The highest BCUT2D eigenvalue weighted by Gasteiger charge is 2.31. The molecule has 1 heterocycles. The molecule has 1 saturated heterocycles. The van der Waals surface area contributed by atoms with Crippen molar-refractivity contribution < 1.29 is 9.90 Å². The molecular formula is C8H13NO2S. The highest BCUT2D eigenvalue weighted by atomic mass is 32.1. The Morgan fingerprint density at radius 3 is 2.92 bits per heavy atom. The second kappa shape index (κ2) is 3.85. The fourth-order valence-corrected chi connectivity index (χ4v) is 1.74. The molecular weight excluding hydrogens is 174 g/mol. The predicted molar refractivity (Wildman–Crippen MR) is 50.3 cm³/mol. The molecule has 0 aromatic carbocycles. The maximum Gasteiger partial charge on any atom is 0.326 e. The van der Waals surface area contributed by atoms with Crippen molar-refractivity contribution in [2.75, 3.05) is 6.54 Å². The number of carboxylic acid groups (broad SMARTS) is 1. The summed E-state index contributed by atoms with van der Waals surface area (Å²) in [6, 6.07) is -0.363. The van der Waals surface area contributed by atoms with Gasteiger partial charge in [-0.15, -0.1) is 0 Å². The van der Waals surface area contributed by atoms with E-state index in [9.17, 15) is 4.79 Å². The highest BCUT2D eigenvalue weighted by Crippen LogP contribution is 2.18. The van der Waals surface area contributed by atoms with Gasteiger partial charge in [0.05, 0.1) is 4.99 Å². The third-order valence-electron chi connectivity index (χ3n) is 2.16. The number of carboxylic acids is 1. The van der Waals surface area contributed by atoms with Crippen molar-refractivity contribution in [1.82, 2.24) is 4.90 Å². The van der Waals surface area contributed by atoms with Crippen LogP contribution in [-0.4, -0.2) is 33.6 Å². The fraction of sp³-hybridized carbons (Fsp3) is 0.750. The van der Waals surface area contributed by atoms with E-state index in [1.54, 1.807) is 0 Å². The van der Waals surface area contributed by atoms with Crippen molar-refractivity contribution in [3.8, 4) is 0 Å². The Labute approximate surface area is 77.4 Å². The van der Waals surface area contributed by atoms with Gasteiger partial charge < -0.3 is 10.0 Å². The maximum absolute atomic E-state index is 10.7. The fourth-order valence-electron chi connectivity index (χ4n) is 1.53. The van der Waals surface area contributed by atoms with Gasteiger partial charge in [-0.2, -0.15) is 0 Å². The first-order valence-corrected chi connectivity index (χ1v) is 4.60. The molecule has 12 heavy (non-hydrogen) atoms. The molecule has 0 spiro atoms. The smallest absolute Gasteiger partial charge is 0.326 e. The van der Waals surface area contributed by atoms with Gasteiger partial charge in [0.25, 0.3) is 0 Å². The lowest BCUT2D eigenvalue weighted by atomic mass is 10.2. The van der Waals surface area contributed by atoms with E-state index in [1.165, 1.54) is 0 Å². The molecule has 0 aromatic heterocycles. The lowest BCUT2D eigenvalue weighted by Gasteiger charge is -2.23. The van der Waals surface area contributed by atoms with Gasteiger partial charge in [0.2, 0.25) is 0 Å². The van der Waals surface area contributed by atoms with Crippen LogP contribution < -0.4 is 0 Å². The molecule has 1 N–H and O–H groups in total. The number of thiocarbonyl (C=S) groups is 1. The van der Waals surface area contributed by atoms with E-state index in [0.29, 0.717) is 0 Å². The Kier molecular flexibility index (Phi) is 3.03. The number of carbonyl (C=O) groups is 1. The number of likely N-dealkylation sites (tertiary alicyclic amines) is 1. The molecule has 1 rings (SSSR count). The van der Waals surface area contributed by atoms with Crippen molar-refractivity contribution in [2.24, 2.45) is 0 Å². The van der Waals surface area contributed by atoms with Gasteiger partial charge in [-0.25, -0.2) is 4.79 Å². The van der Waals surface area contributed by atoms with Crippen molar-refractivity contribution >= 4 is 23.2 Å². The van der Waals surface area contributed by atoms with Gasteiger partial charge >= 0.3 is 5.97 Å².